The van der Waals surface area contributed by atoms with Crippen LogP contribution in [0.4, 0.5) is 9.18 Å². The van der Waals surface area contributed by atoms with Crippen LogP contribution in [0.25, 0.3) is 0 Å². The maximum absolute atomic E-state index is 12.9. The summed E-state index contributed by atoms with van der Waals surface area (Å²) in [5.41, 5.74) is 1.62. The minimum atomic E-state index is -0.465. The van der Waals surface area contributed by atoms with E-state index in [9.17, 15) is 14.0 Å². The number of hydrogen-bond donors (Lipinski definition) is 2. The number of halogens is 1. The van der Waals surface area contributed by atoms with Gasteiger partial charge in [-0.15, -0.1) is 0 Å². The number of likely N-dealkylation sites (N-methyl/N-ethyl adjacent to an activating group) is 1. The van der Waals surface area contributed by atoms with Crippen molar-refractivity contribution in [3.8, 4) is 11.5 Å². The SMILES string of the molecule is CCN(Cc1cccc2c1OCCO2)C(=O)CNC(=O)NCc1ccc(F)cc1. The topological polar surface area (TPSA) is 79.9 Å². The van der Waals surface area contributed by atoms with Gasteiger partial charge < -0.3 is 25.0 Å². The Kier molecular flexibility index (Phi) is 6.89. The first-order valence-corrected chi connectivity index (χ1v) is 9.48. The van der Waals surface area contributed by atoms with E-state index in [4.69, 9.17) is 9.47 Å². The molecule has 8 heteroatoms. The third kappa shape index (κ3) is 5.60. The summed E-state index contributed by atoms with van der Waals surface area (Å²) >= 11 is 0. The molecule has 2 N–H and O–H groups in total. The fourth-order valence-electron chi connectivity index (χ4n) is 2.96. The number of nitrogens with zero attached hydrogens (tertiary/aromatic N) is 1. The molecule has 3 rings (SSSR count). The molecule has 0 bridgehead atoms. The number of ether oxygens (including phenoxy) is 2. The zero-order valence-electron chi connectivity index (χ0n) is 16.2. The Hall–Kier alpha value is -3.29. The van der Waals surface area contributed by atoms with E-state index in [1.807, 2.05) is 25.1 Å². The fraction of sp³-hybridized carbons (Fsp3) is 0.333. The highest BCUT2D eigenvalue weighted by atomic mass is 19.1. The summed E-state index contributed by atoms with van der Waals surface area (Å²) in [6.07, 6.45) is 0. The normalized spacial score (nSPS) is 12.2. The van der Waals surface area contributed by atoms with Crippen molar-refractivity contribution < 1.29 is 23.5 Å². The number of carbonyl (C=O) groups is 2. The highest BCUT2D eigenvalue weighted by molar-refractivity contribution is 5.84. The number of para-hydroxylation sites is 1. The fourth-order valence-corrected chi connectivity index (χ4v) is 2.96. The van der Waals surface area contributed by atoms with Gasteiger partial charge in [0.05, 0.1) is 6.54 Å². The van der Waals surface area contributed by atoms with Crippen molar-refractivity contribution in [1.29, 1.82) is 0 Å². The Morgan fingerprint density at radius 1 is 1.07 bits per heavy atom. The number of amides is 3. The monoisotopic (exact) mass is 401 g/mol. The molecule has 3 amide bonds. The maximum atomic E-state index is 12.9. The van der Waals surface area contributed by atoms with Crippen LogP contribution in [0.1, 0.15) is 18.1 Å². The van der Waals surface area contributed by atoms with Gasteiger partial charge in [-0.2, -0.15) is 0 Å². The number of rotatable bonds is 7. The van der Waals surface area contributed by atoms with Crippen molar-refractivity contribution >= 4 is 11.9 Å². The van der Waals surface area contributed by atoms with Crippen LogP contribution >= 0.6 is 0 Å². The van der Waals surface area contributed by atoms with Gasteiger partial charge in [-0.05, 0) is 30.7 Å². The number of urea groups is 1. The number of benzene rings is 2. The minimum absolute atomic E-state index is 0.129. The molecule has 2 aromatic carbocycles. The van der Waals surface area contributed by atoms with Crippen molar-refractivity contribution in [2.45, 2.75) is 20.0 Å². The number of carbonyl (C=O) groups excluding carboxylic acids is 2. The highest BCUT2D eigenvalue weighted by Crippen LogP contribution is 2.34. The summed E-state index contributed by atoms with van der Waals surface area (Å²) in [7, 11) is 0. The van der Waals surface area contributed by atoms with Crippen LogP contribution < -0.4 is 20.1 Å². The van der Waals surface area contributed by atoms with Crippen molar-refractivity contribution in [2.75, 3.05) is 26.3 Å². The van der Waals surface area contributed by atoms with Crippen LogP contribution in [-0.2, 0) is 17.9 Å². The first-order valence-electron chi connectivity index (χ1n) is 9.48. The second-order valence-corrected chi connectivity index (χ2v) is 6.51. The minimum Gasteiger partial charge on any atom is -0.486 e. The van der Waals surface area contributed by atoms with Crippen molar-refractivity contribution in [3.63, 3.8) is 0 Å². The Labute approximate surface area is 168 Å². The maximum Gasteiger partial charge on any atom is 0.315 e. The molecule has 0 saturated heterocycles. The van der Waals surface area contributed by atoms with E-state index >= 15 is 0 Å². The molecule has 0 aliphatic carbocycles. The lowest BCUT2D eigenvalue weighted by molar-refractivity contribution is -0.130. The molecule has 29 heavy (non-hydrogen) atoms. The number of nitrogens with one attached hydrogen (secondary N) is 2. The van der Waals surface area contributed by atoms with Gasteiger partial charge in [-0.3, -0.25) is 4.79 Å². The molecule has 0 atom stereocenters. The van der Waals surface area contributed by atoms with Crippen molar-refractivity contribution in [1.82, 2.24) is 15.5 Å². The molecule has 0 saturated carbocycles. The molecule has 154 valence electrons. The van der Waals surface area contributed by atoms with Crippen LogP contribution in [0.3, 0.4) is 0 Å². The molecule has 1 heterocycles. The number of fused-ring (bicyclic) bond motifs is 1. The first-order chi connectivity index (χ1) is 14.1. The molecule has 1 aliphatic rings. The van der Waals surface area contributed by atoms with Gasteiger partial charge in [0.15, 0.2) is 11.5 Å². The van der Waals surface area contributed by atoms with E-state index in [0.717, 1.165) is 11.1 Å². The largest absolute Gasteiger partial charge is 0.486 e. The number of hydrogen-bond acceptors (Lipinski definition) is 4. The average molecular weight is 401 g/mol. The smallest absolute Gasteiger partial charge is 0.315 e. The van der Waals surface area contributed by atoms with Crippen LogP contribution in [-0.4, -0.2) is 43.1 Å². The zero-order valence-corrected chi connectivity index (χ0v) is 16.2. The summed E-state index contributed by atoms with van der Waals surface area (Å²) in [5.74, 6) is 0.796. The summed E-state index contributed by atoms with van der Waals surface area (Å²) < 4.78 is 24.2. The second kappa shape index (κ2) is 9.77. The Bertz CT molecular complexity index is 858. The van der Waals surface area contributed by atoms with Gasteiger partial charge in [0.1, 0.15) is 19.0 Å². The molecule has 2 aromatic rings. The molecule has 0 radical (unpaired) electrons. The van der Waals surface area contributed by atoms with Crippen LogP contribution in [0.2, 0.25) is 0 Å². The standard InChI is InChI=1S/C21H24FN3O4/c1-2-25(14-16-4-3-5-18-20(16)29-11-10-28-18)19(26)13-24-21(27)23-12-15-6-8-17(22)9-7-15/h3-9H,2,10-14H2,1H3,(H2,23,24,27). The molecule has 7 nitrogen and oxygen atoms in total. The van der Waals surface area contributed by atoms with Crippen LogP contribution in [0, 0.1) is 5.82 Å². The van der Waals surface area contributed by atoms with E-state index in [1.54, 1.807) is 17.0 Å². The lowest BCUT2D eigenvalue weighted by Gasteiger charge is -2.25. The molecule has 0 fully saturated rings. The van der Waals surface area contributed by atoms with E-state index in [1.165, 1.54) is 12.1 Å². The third-order valence-corrected chi connectivity index (χ3v) is 4.51. The molecular weight excluding hydrogens is 377 g/mol. The van der Waals surface area contributed by atoms with Gasteiger partial charge in [-0.1, -0.05) is 24.3 Å². The molecular formula is C21H24FN3O4. The van der Waals surface area contributed by atoms with E-state index < -0.39 is 6.03 Å². The van der Waals surface area contributed by atoms with Crippen molar-refractivity contribution in [2.24, 2.45) is 0 Å². The lowest BCUT2D eigenvalue weighted by Crippen LogP contribution is -2.43. The molecule has 0 spiro atoms. The highest BCUT2D eigenvalue weighted by Gasteiger charge is 2.19. The van der Waals surface area contributed by atoms with Crippen molar-refractivity contribution in [3.05, 3.63) is 59.4 Å². The second-order valence-electron chi connectivity index (χ2n) is 6.51. The van der Waals surface area contributed by atoms with Gasteiger partial charge in [0.25, 0.3) is 0 Å². The quantitative estimate of drug-likeness (QED) is 0.747. The lowest BCUT2D eigenvalue weighted by atomic mass is 10.1. The van der Waals surface area contributed by atoms with Gasteiger partial charge in [0, 0.05) is 25.2 Å². The third-order valence-electron chi connectivity index (χ3n) is 4.51. The van der Waals surface area contributed by atoms with Gasteiger partial charge in [-0.25, -0.2) is 9.18 Å². The first kappa shape index (κ1) is 20.4. The summed E-state index contributed by atoms with van der Waals surface area (Å²) in [6, 6.07) is 11.0. The van der Waals surface area contributed by atoms with Gasteiger partial charge in [0.2, 0.25) is 5.91 Å². The molecule has 0 unspecified atom stereocenters. The van der Waals surface area contributed by atoms with E-state index in [-0.39, 0.29) is 24.8 Å². The molecule has 1 aliphatic heterocycles. The summed E-state index contributed by atoms with van der Waals surface area (Å²) in [5, 5.41) is 5.20. The predicted molar refractivity (Wildman–Crippen MR) is 105 cm³/mol. The van der Waals surface area contributed by atoms with Gasteiger partial charge >= 0.3 is 6.03 Å². The van der Waals surface area contributed by atoms with E-state index in [2.05, 4.69) is 10.6 Å². The molecule has 0 aromatic heterocycles. The van der Waals surface area contributed by atoms with Crippen LogP contribution in [0.15, 0.2) is 42.5 Å². The predicted octanol–water partition coefficient (Wildman–Crippen LogP) is 2.44. The average Bonchev–Trinajstić information content (AvgIpc) is 2.75. The van der Waals surface area contributed by atoms with Crippen LogP contribution in [0.5, 0.6) is 11.5 Å². The summed E-state index contributed by atoms with van der Waals surface area (Å²) in [4.78, 5) is 26.1. The Morgan fingerprint density at radius 3 is 2.59 bits per heavy atom. The van der Waals surface area contributed by atoms with E-state index in [0.29, 0.717) is 37.8 Å². The zero-order chi connectivity index (χ0) is 20.6. The Balaban J connectivity index is 1.49. The Morgan fingerprint density at radius 2 is 1.83 bits per heavy atom. The summed E-state index contributed by atoms with van der Waals surface area (Å²) in [6.45, 7) is 3.81.